The highest BCUT2D eigenvalue weighted by Gasteiger charge is 2.28. The molecule has 30 heavy (non-hydrogen) atoms. The first-order valence-electron chi connectivity index (χ1n) is 10.3. The fraction of sp³-hybridized carbons (Fsp3) is 0.333. The second-order valence-electron chi connectivity index (χ2n) is 7.96. The lowest BCUT2D eigenvalue weighted by Crippen LogP contribution is -2.47. The molecule has 0 saturated heterocycles. The number of fused-ring (bicyclic) bond motifs is 1. The van der Waals surface area contributed by atoms with E-state index in [1.165, 1.54) is 11.1 Å². The van der Waals surface area contributed by atoms with E-state index in [0.29, 0.717) is 32.3 Å². The van der Waals surface area contributed by atoms with Crippen molar-refractivity contribution in [1.29, 1.82) is 0 Å². The molecule has 0 spiro atoms. The zero-order chi connectivity index (χ0) is 21.4. The molecule has 0 atom stereocenters. The average molecular weight is 423 g/mol. The summed E-state index contributed by atoms with van der Waals surface area (Å²) in [5, 5.41) is 0.740. The van der Waals surface area contributed by atoms with Crippen LogP contribution < -0.4 is 10.5 Å². The fourth-order valence-corrected chi connectivity index (χ4v) is 4.19. The molecule has 1 aliphatic heterocycles. The molecule has 4 rings (SSSR count). The molecule has 3 aromatic rings. The number of anilines is 2. The van der Waals surface area contributed by atoms with Crippen LogP contribution in [0.25, 0.3) is 0 Å². The lowest BCUT2D eigenvalue weighted by atomic mass is 10.1. The average Bonchev–Trinajstić information content (AvgIpc) is 2.72. The van der Waals surface area contributed by atoms with E-state index in [1.54, 1.807) is 4.57 Å². The number of benzene rings is 2. The normalized spacial score (nSPS) is 14.1. The van der Waals surface area contributed by atoms with Crippen LogP contribution in [0.5, 0.6) is 0 Å². The Morgan fingerprint density at radius 3 is 2.50 bits per heavy atom. The predicted octanol–water partition coefficient (Wildman–Crippen LogP) is 4.95. The molecule has 0 saturated carbocycles. The Bertz CT molecular complexity index is 1150. The van der Waals surface area contributed by atoms with Crippen molar-refractivity contribution in [1.82, 2.24) is 14.5 Å². The Morgan fingerprint density at radius 1 is 1.03 bits per heavy atom. The van der Waals surface area contributed by atoms with E-state index in [1.807, 2.05) is 38.1 Å². The van der Waals surface area contributed by atoms with Crippen LogP contribution in [0.15, 0.2) is 47.3 Å². The SMILES string of the molecule is CCc1c(C)nc2n(c1=O)CN(Cc1ccccc1Cl)CN2c1ccc(C)c(C)c1. The molecule has 1 aliphatic rings. The summed E-state index contributed by atoms with van der Waals surface area (Å²) in [5.74, 6) is 0.702. The first kappa shape index (κ1) is 20.6. The number of halogens is 1. The zero-order valence-electron chi connectivity index (χ0n) is 17.9. The molecule has 156 valence electrons. The zero-order valence-corrected chi connectivity index (χ0v) is 18.7. The van der Waals surface area contributed by atoms with Crippen molar-refractivity contribution in [2.75, 3.05) is 11.6 Å². The summed E-state index contributed by atoms with van der Waals surface area (Å²) in [4.78, 5) is 22.5. The van der Waals surface area contributed by atoms with E-state index in [2.05, 4.69) is 41.8 Å². The van der Waals surface area contributed by atoms with Gasteiger partial charge in [-0.25, -0.2) is 4.98 Å². The summed E-state index contributed by atoms with van der Waals surface area (Å²) in [6, 6.07) is 14.2. The lowest BCUT2D eigenvalue weighted by Gasteiger charge is -2.38. The van der Waals surface area contributed by atoms with Crippen LogP contribution in [0.4, 0.5) is 11.6 Å². The number of hydrogen-bond acceptors (Lipinski definition) is 4. The molecular weight excluding hydrogens is 396 g/mol. The van der Waals surface area contributed by atoms with Crippen LogP contribution in [0.2, 0.25) is 5.02 Å². The van der Waals surface area contributed by atoms with Gasteiger partial charge in [-0.1, -0.05) is 42.8 Å². The second-order valence-corrected chi connectivity index (χ2v) is 8.37. The van der Waals surface area contributed by atoms with Gasteiger partial charge in [-0.15, -0.1) is 0 Å². The van der Waals surface area contributed by atoms with Crippen LogP contribution in [-0.2, 0) is 19.6 Å². The van der Waals surface area contributed by atoms with Crippen LogP contribution in [-0.4, -0.2) is 21.1 Å². The Kier molecular flexibility index (Phi) is 5.67. The van der Waals surface area contributed by atoms with Crippen molar-refractivity contribution in [2.45, 2.75) is 47.3 Å². The summed E-state index contributed by atoms with van der Waals surface area (Å²) in [6.07, 6.45) is 0.673. The maximum atomic E-state index is 13.3. The molecule has 1 aromatic heterocycles. The Hall–Kier alpha value is -2.63. The van der Waals surface area contributed by atoms with Crippen LogP contribution >= 0.6 is 11.6 Å². The Balaban J connectivity index is 1.81. The smallest absolute Gasteiger partial charge is 0.259 e. The minimum Gasteiger partial charge on any atom is -0.298 e. The van der Waals surface area contributed by atoms with Crippen molar-refractivity contribution in [3.05, 3.63) is 85.8 Å². The van der Waals surface area contributed by atoms with Gasteiger partial charge in [0.25, 0.3) is 5.56 Å². The van der Waals surface area contributed by atoms with Gasteiger partial charge in [0.1, 0.15) is 0 Å². The third-order valence-electron chi connectivity index (χ3n) is 5.88. The van der Waals surface area contributed by atoms with Gasteiger partial charge in [0, 0.05) is 28.5 Å². The van der Waals surface area contributed by atoms with Gasteiger partial charge in [-0.05, 0) is 62.1 Å². The Morgan fingerprint density at radius 2 is 1.80 bits per heavy atom. The van der Waals surface area contributed by atoms with E-state index < -0.39 is 0 Å². The second kappa shape index (κ2) is 8.25. The third kappa shape index (κ3) is 3.75. The van der Waals surface area contributed by atoms with Gasteiger partial charge in [-0.3, -0.25) is 19.2 Å². The molecule has 5 nitrogen and oxygen atoms in total. The van der Waals surface area contributed by atoms with Crippen molar-refractivity contribution < 1.29 is 0 Å². The molecule has 2 aromatic carbocycles. The minimum absolute atomic E-state index is 0.0395. The summed E-state index contributed by atoms with van der Waals surface area (Å²) < 4.78 is 1.79. The van der Waals surface area contributed by atoms with Gasteiger partial charge >= 0.3 is 0 Å². The van der Waals surface area contributed by atoms with E-state index in [9.17, 15) is 4.79 Å². The molecule has 0 fully saturated rings. The van der Waals surface area contributed by atoms with E-state index >= 15 is 0 Å². The summed E-state index contributed by atoms with van der Waals surface area (Å²) in [6.45, 7) is 9.91. The topological polar surface area (TPSA) is 41.4 Å². The highest BCUT2D eigenvalue weighted by atomic mass is 35.5. The van der Waals surface area contributed by atoms with E-state index in [4.69, 9.17) is 16.6 Å². The van der Waals surface area contributed by atoms with E-state index in [-0.39, 0.29) is 5.56 Å². The Labute approximate surface area is 182 Å². The number of hydrogen-bond donors (Lipinski definition) is 0. The number of aryl methyl sites for hydroxylation is 3. The lowest BCUT2D eigenvalue weighted by molar-refractivity contribution is 0.190. The van der Waals surface area contributed by atoms with Crippen molar-refractivity contribution in [3.8, 4) is 0 Å². The molecule has 0 unspecified atom stereocenters. The summed E-state index contributed by atoms with van der Waals surface area (Å²) in [7, 11) is 0. The molecular formula is C24H27ClN4O. The third-order valence-corrected chi connectivity index (χ3v) is 6.25. The minimum atomic E-state index is 0.0395. The molecule has 2 heterocycles. The van der Waals surface area contributed by atoms with Crippen molar-refractivity contribution in [3.63, 3.8) is 0 Å². The van der Waals surface area contributed by atoms with Gasteiger partial charge in [-0.2, -0.15) is 0 Å². The fourth-order valence-electron chi connectivity index (χ4n) is 3.99. The van der Waals surface area contributed by atoms with Crippen LogP contribution in [0.1, 0.15) is 34.9 Å². The number of aromatic nitrogens is 2. The van der Waals surface area contributed by atoms with Gasteiger partial charge in [0.05, 0.1) is 13.3 Å². The van der Waals surface area contributed by atoms with Crippen molar-refractivity contribution >= 4 is 23.2 Å². The molecule has 0 amide bonds. The molecule has 0 aliphatic carbocycles. The highest BCUT2D eigenvalue weighted by Crippen LogP contribution is 2.30. The maximum absolute atomic E-state index is 13.3. The monoisotopic (exact) mass is 422 g/mol. The van der Waals surface area contributed by atoms with Gasteiger partial charge in [0.2, 0.25) is 5.95 Å². The van der Waals surface area contributed by atoms with Crippen LogP contribution in [0.3, 0.4) is 0 Å². The highest BCUT2D eigenvalue weighted by molar-refractivity contribution is 6.31. The maximum Gasteiger partial charge on any atom is 0.259 e. The standard InChI is InChI=1S/C24H27ClN4O/c1-5-21-18(4)26-24-28(20-11-10-16(2)17(3)12-20)14-27(15-29(24)23(21)30)13-19-8-6-7-9-22(19)25/h6-12H,5,13-15H2,1-4H3. The number of rotatable bonds is 4. The first-order chi connectivity index (χ1) is 14.4. The number of nitrogens with zero attached hydrogens (tertiary/aromatic N) is 4. The van der Waals surface area contributed by atoms with Crippen LogP contribution in [0, 0.1) is 20.8 Å². The van der Waals surface area contributed by atoms with E-state index in [0.717, 1.165) is 27.5 Å². The quantitative estimate of drug-likeness (QED) is 0.596. The predicted molar refractivity (Wildman–Crippen MR) is 123 cm³/mol. The summed E-state index contributed by atoms with van der Waals surface area (Å²) in [5.41, 5.74) is 6.16. The summed E-state index contributed by atoms with van der Waals surface area (Å²) >= 11 is 6.41. The molecule has 0 radical (unpaired) electrons. The largest absolute Gasteiger partial charge is 0.298 e. The molecule has 6 heteroatoms. The molecule has 0 bridgehead atoms. The van der Waals surface area contributed by atoms with Gasteiger partial charge < -0.3 is 0 Å². The first-order valence-corrected chi connectivity index (χ1v) is 10.7. The van der Waals surface area contributed by atoms with Crippen molar-refractivity contribution in [2.24, 2.45) is 0 Å². The van der Waals surface area contributed by atoms with Gasteiger partial charge in [0.15, 0.2) is 0 Å². The molecule has 0 N–H and O–H groups in total.